The summed E-state index contributed by atoms with van der Waals surface area (Å²) in [6.07, 6.45) is 0. The van der Waals surface area contributed by atoms with Gasteiger partial charge in [0.25, 0.3) is 0 Å². The number of nitrogens with zero attached hydrogens (tertiary/aromatic N) is 1. The van der Waals surface area contributed by atoms with Crippen molar-refractivity contribution in [2.45, 2.75) is 13.0 Å². The van der Waals surface area contributed by atoms with Gasteiger partial charge in [-0.1, -0.05) is 6.07 Å². The molecule has 0 saturated carbocycles. The van der Waals surface area contributed by atoms with E-state index in [0.717, 1.165) is 0 Å². The topological polar surface area (TPSA) is 64.9 Å². The van der Waals surface area contributed by atoms with Crippen LogP contribution in [0, 0.1) is 11.3 Å². The van der Waals surface area contributed by atoms with E-state index in [1.165, 1.54) is 4.88 Å². The number of hydrogen-bond acceptors (Lipinski definition) is 4. The summed E-state index contributed by atoms with van der Waals surface area (Å²) in [5.74, 6) is -0.153. The standard InChI is InChI=1S/C10H13N3OS/c1-8(9-3-2-6-15-9)13-7-10(14)12-5-4-11/h2-3,6,8,13H,5,7H2,1H3,(H,12,14)/t8-/m0/s1. The molecular weight excluding hydrogens is 210 g/mol. The molecule has 80 valence electrons. The zero-order valence-corrected chi connectivity index (χ0v) is 9.30. The molecule has 0 aliphatic carbocycles. The number of amides is 1. The van der Waals surface area contributed by atoms with Gasteiger partial charge in [0.05, 0.1) is 12.6 Å². The van der Waals surface area contributed by atoms with Gasteiger partial charge in [-0.15, -0.1) is 11.3 Å². The van der Waals surface area contributed by atoms with E-state index in [9.17, 15) is 4.79 Å². The fourth-order valence-electron chi connectivity index (χ4n) is 1.08. The van der Waals surface area contributed by atoms with Crippen LogP contribution >= 0.6 is 11.3 Å². The van der Waals surface area contributed by atoms with Gasteiger partial charge in [0.2, 0.25) is 5.91 Å². The highest BCUT2D eigenvalue weighted by Gasteiger charge is 2.07. The van der Waals surface area contributed by atoms with Crippen molar-refractivity contribution in [1.29, 1.82) is 5.26 Å². The third kappa shape index (κ3) is 4.11. The lowest BCUT2D eigenvalue weighted by Crippen LogP contribution is -2.34. The first-order chi connectivity index (χ1) is 7.24. The SMILES string of the molecule is C[C@H](NCC(=O)NCC#N)c1cccs1. The van der Waals surface area contributed by atoms with E-state index >= 15 is 0 Å². The lowest BCUT2D eigenvalue weighted by atomic mass is 10.3. The molecule has 0 radical (unpaired) electrons. The van der Waals surface area contributed by atoms with Gasteiger partial charge in [-0.05, 0) is 18.4 Å². The Morgan fingerprint density at radius 3 is 3.13 bits per heavy atom. The Kier molecular flexibility index (Phi) is 4.81. The second kappa shape index (κ2) is 6.17. The lowest BCUT2D eigenvalue weighted by Gasteiger charge is -2.10. The predicted octanol–water partition coefficient (Wildman–Crippen LogP) is 1.04. The van der Waals surface area contributed by atoms with Crippen molar-refractivity contribution in [3.05, 3.63) is 22.4 Å². The Morgan fingerprint density at radius 1 is 1.73 bits per heavy atom. The molecule has 0 spiro atoms. The molecule has 1 heterocycles. The molecule has 4 nitrogen and oxygen atoms in total. The molecule has 0 aliphatic rings. The Balaban J connectivity index is 2.26. The Hall–Kier alpha value is -1.38. The van der Waals surface area contributed by atoms with E-state index in [1.807, 2.05) is 30.5 Å². The fourth-order valence-corrected chi connectivity index (χ4v) is 1.84. The first-order valence-electron chi connectivity index (χ1n) is 4.64. The van der Waals surface area contributed by atoms with Crippen LogP contribution in [0.3, 0.4) is 0 Å². The van der Waals surface area contributed by atoms with Crippen molar-refractivity contribution in [1.82, 2.24) is 10.6 Å². The van der Waals surface area contributed by atoms with E-state index in [0.29, 0.717) is 0 Å². The molecule has 5 heteroatoms. The monoisotopic (exact) mass is 223 g/mol. The molecule has 0 saturated heterocycles. The maximum Gasteiger partial charge on any atom is 0.234 e. The largest absolute Gasteiger partial charge is 0.342 e. The lowest BCUT2D eigenvalue weighted by molar-refractivity contribution is -0.120. The van der Waals surface area contributed by atoms with Gasteiger partial charge in [-0.25, -0.2) is 0 Å². The first-order valence-corrected chi connectivity index (χ1v) is 5.52. The molecule has 1 rings (SSSR count). The van der Waals surface area contributed by atoms with Gasteiger partial charge >= 0.3 is 0 Å². The number of hydrogen-bond donors (Lipinski definition) is 2. The molecule has 15 heavy (non-hydrogen) atoms. The molecule has 0 fully saturated rings. The predicted molar refractivity (Wildman–Crippen MR) is 59.4 cm³/mol. The number of thiophene rings is 1. The second-order valence-corrected chi connectivity index (χ2v) is 4.03. The van der Waals surface area contributed by atoms with Crippen LogP contribution in [0.4, 0.5) is 0 Å². The molecule has 0 bridgehead atoms. The van der Waals surface area contributed by atoms with Crippen molar-refractivity contribution in [2.75, 3.05) is 13.1 Å². The summed E-state index contributed by atoms with van der Waals surface area (Å²) < 4.78 is 0. The van der Waals surface area contributed by atoms with E-state index in [2.05, 4.69) is 10.6 Å². The summed E-state index contributed by atoms with van der Waals surface area (Å²) >= 11 is 1.65. The van der Waals surface area contributed by atoms with Gasteiger partial charge in [0.1, 0.15) is 6.54 Å². The summed E-state index contributed by atoms with van der Waals surface area (Å²) in [6.45, 7) is 2.30. The molecular formula is C10H13N3OS. The number of carbonyl (C=O) groups is 1. The third-order valence-corrected chi connectivity index (χ3v) is 2.96. The maximum absolute atomic E-state index is 11.2. The van der Waals surface area contributed by atoms with E-state index in [4.69, 9.17) is 5.26 Å². The van der Waals surface area contributed by atoms with Gasteiger partial charge in [-0.2, -0.15) is 5.26 Å². The summed E-state index contributed by atoms with van der Waals surface area (Å²) in [4.78, 5) is 12.4. The number of nitriles is 1. The highest BCUT2D eigenvalue weighted by molar-refractivity contribution is 7.10. The van der Waals surface area contributed by atoms with Gasteiger partial charge in [-0.3, -0.25) is 4.79 Å². The minimum absolute atomic E-state index is 0.0634. The number of carbonyl (C=O) groups excluding carboxylic acids is 1. The van der Waals surface area contributed by atoms with Crippen molar-refractivity contribution in [2.24, 2.45) is 0 Å². The van der Waals surface area contributed by atoms with Crippen LogP contribution < -0.4 is 10.6 Å². The zero-order chi connectivity index (χ0) is 11.1. The maximum atomic E-state index is 11.2. The van der Waals surface area contributed by atoms with Crippen LogP contribution in [0.1, 0.15) is 17.8 Å². The number of rotatable bonds is 5. The quantitative estimate of drug-likeness (QED) is 0.733. The average Bonchev–Trinajstić information content (AvgIpc) is 2.76. The molecule has 0 unspecified atom stereocenters. The van der Waals surface area contributed by atoms with Crippen LogP contribution in [-0.4, -0.2) is 19.0 Å². The van der Waals surface area contributed by atoms with Crippen molar-refractivity contribution in [3.63, 3.8) is 0 Å². The van der Waals surface area contributed by atoms with Gasteiger partial charge < -0.3 is 10.6 Å². The fraction of sp³-hybridized carbons (Fsp3) is 0.400. The Bertz CT molecular complexity index is 342. The zero-order valence-electron chi connectivity index (χ0n) is 8.49. The molecule has 1 aromatic heterocycles. The van der Waals surface area contributed by atoms with Crippen molar-refractivity contribution in [3.8, 4) is 6.07 Å². The summed E-state index contributed by atoms with van der Waals surface area (Å²) in [5, 5.41) is 15.8. The third-order valence-electron chi connectivity index (χ3n) is 1.90. The first kappa shape index (κ1) is 11.7. The van der Waals surface area contributed by atoms with E-state index < -0.39 is 0 Å². The molecule has 2 N–H and O–H groups in total. The van der Waals surface area contributed by atoms with E-state index in [1.54, 1.807) is 11.3 Å². The van der Waals surface area contributed by atoms with Crippen LogP contribution in [0.2, 0.25) is 0 Å². The molecule has 1 atom stereocenters. The second-order valence-electron chi connectivity index (χ2n) is 3.05. The van der Waals surface area contributed by atoms with E-state index in [-0.39, 0.29) is 25.0 Å². The smallest absolute Gasteiger partial charge is 0.234 e. The highest BCUT2D eigenvalue weighted by atomic mass is 32.1. The molecule has 1 amide bonds. The molecule has 0 aliphatic heterocycles. The Morgan fingerprint density at radius 2 is 2.53 bits per heavy atom. The van der Waals surface area contributed by atoms with Crippen LogP contribution in [0.25, 0.3) is 0 Å². The normalized spacial score (nSPS) is 11.7. The van der Waals surface area contributed by atoms with Crippen LogP contribution in [-0.2, 0) is 4.79 Å². The minimum Gasteiger partial charge on any atom is -0.342 e. The minimum atomic E-state index is -0.153. The van der Waals surface area contributed by atoms with Gasteiger partial charge in [0, 0.05) is 10.9 Å². The summed E-state index contributed by atoms with van der Waals surface area (Å²) in [5.41, 5.74) is 0. The van der Waals surface area contributed by atoms with Gasteiger partial charge in [0.15, 0.2) is 0 Å². The molecule has 0 aromatic carbocycles. The average molecular weight is 223 g/mol. The summed E-state index contributed by atoms with van der Waals surface area (Å²) in [7, 11) is 0. The van der Waals surface area contributed by atoms with Crippen LogP contribution in [0.15, 0.2) is 17.5 Å². The van der Waals surface area contributed by atoms with Crippen molar-refractivity contribution >= 4 is 17.2 Å². The molecule has 1 aromatic rings. The Labute approximate surface area is 92.9 Å². The van der Waals surface area contributed by atoms with Crippen LogP contribution in [0.5, 0.6) is 0 Å². The summed E-state index contributed by atoms with van der Waals surface area (Å²) in [6, 6.07) is 6.02. The highest BCUT2D eigenvalue weighted by Crippen LogP contribution is 2.17. The van der Waals surface area contributed by atoms with Crippen molar-refractivity contribution < 1.29 is 4.79 Å². The number of nitrogens with one attached hydrogen (secondary N) is 2.